The van der Waals surface area contributed by atoms with Gasteiger partial charge in [-0.3, -0.25) is 14.8 Å². The summed E-state index contributed by atoms with van der Waals surface area (Å²) in [6, 6.07) is 13.3. The van der Waals surface area contributed by atoms with E-state index in [0.29, 0.717) is 22.6 Å². The molecule has 0 atom stereocenters. The molecule has 0 fully saturated rings. The minimum Gasteiger partial charge on any atom is -0.493 e. The highest BCUT2D eigenvalue weighted by Gasteiger charge is 2.14. The Morgan fingerprint density at radius 2 is 1.89 bits per heavy atom. The molecule has 0 aliphatic carbocycles. The monoisotopic (exact) mass is 370 g/mol. The molecule has 1 heterocycles. The summed E-state index contributed by atoms with van der Waals surface area (Å²) in [5.74, 6) is 0.331. The second-order valence-electron chi connectivity index (χ2n) is 5.56. The highest BCUT2D eigenvalue weighted by Crippen LogP contribution is 2.28. The van der Waals surface area contributed by atoms with E-state index in [1.54, 1.807) is 29.7 Å². The summed E-state index contributed by atoms with van der Waals surface area (Å²) in [4.78, 5) is 23.4. The quantitative estimate of drug-likeness (QED) is 0.335. The van der Waals surface area contributed by atoms with E-state index in [4.69, 9.17) is 19.1 Å². The van der Waals surface area contributed by atoms with Crippen LogP contribution < -0.4 is 20.3 Å². The van der Waals surface area contributed by atoms with Gasteiger partial charge in [0.2, 0.25) is 0 Å². The van der Waals surface area contributed by atoms with Crippen LogP contribution in [0.4, 0.5) is 0 Å². The number of furan rings is 1. The Kier molecular flexibility index (Phi) is 5.58. The number of hydrogen-bond donors (Lipinski definition) is 3. The molecule has 3 N–H and O–H groups in total. The van der Waals surface area contributed by atoms with E-state index >= 15 is 0 Å². The molecule has 0 spiro atoms. The average molecular weight is 370 g/mol. The minimum atomic E-state index is -0.601. The molecule has 8 heteroatoms. The number of carbonyl (C=O) groups excluding carboxylic acids is 2. The van der Waals surface area contributed by atoms with Gasteiger partial charge in [-0.2, -0.15) is 0 Å². The first-order valence-corrected chi connectivity index (χ1v) is 8.14. The third kappa shape index (κ3) is 4.18. The first kappa shape index (κ1) is 18.3. The molecule has 3 rings (SSSR count). The minimum absolute atomic E-state index is 0.189. The maximum Gasteiger partial charge on any atom is 0.287 e. The zero-order valence-corrected chi connectivity index (χ0v) is 14.5. The molecule has 0 saturated heterocycles. The van der Waals surface area contributed by atoms with Crippen molar-refractivity contribution in [2.75, 3.05) is 20.3 Å². The number of ether oxygens (including phenoxy) is 2. The van der Waals surface area contributed by atoms with E-state index < -0.39 is 5.91 Å². The van der Waals surface area contributed by atoms with Crippen molar-refractivity contribution in [1.82, 2.24) is 10.8 Å². The van der Waals surface area contributed by atoms with E-state index in [1.165, 1.54) is 19.2 Å². The van der Waals surface area contributed by atoms with Gasteiger partial charge in [-0.05, 0) is 36.4 Å². The van der Waals surface area contributed by atoms with Gasteiger partial charge in [0.25, 0.3) is 11.8 Å². The lowest BCUT2D eigenvalue weighted by Gasteiger charge is -2.07. The molecule has 0 bridgehead atoms. The van der Waals surface area contributed by atoms with Crippen LogP contribution in [0.3, 0.4) is 0 Å². The van der Waals surface area contributed by atoms with Crippen LogP contribution in [-0.4, -0.2) is 37.3 Å². The Balaban J connectivity index is 1.52. The number of fused-ring (bicyclic) bond motifs is 1. The summed E-state index contributed by atoms with van der Waals surface area (Å²) in [5, 5.41) is 12.1. The van der Waals surface area contributed by atoms with Crippen LogP contribution in [-0.2, 0) is 0 Å². The van der Waals surface area contributed by atoms with Crippen LogP contribution in [0.1, 0.15) is 20.9 Å². The molecule has 0 saturated carbocycles. The SMILES string of the molecule is COc1cccc2cc(C(=O)NCCOc3ccc(C(=O)NO)cc3)oc12. The molecule has 8 nitrogen and oxygen atoms in total. The van der Waals surface area contributed by atoms with Crippen molar-refractivity contribution >= 4 is 22.8 Å². The van der Waals surface area contributed by atoms with E-state index in [1.807, 2.05) is 12.1 Å². The van der Waals surface area contributed by atoms with E-state index in [9.17, 15) is 9.59 Å². The number of carbonyl (C=O) groups is 2. The maximum atomic E-state index is 12.2. The lowest BCUT2D eigenvalue weighted by atomic mass is 10.2. The van der Waals surface area contributed by atoms with Crippen molar-refractivity contribution in [3.63, 3.8) is 0 Å². The van der Waals surface area contributed by atoms with Crippen molar-refractivity contribution in [3.05, 3.63) is 59.9 Å². The molecule has 3 aromatic rings. The first-order chi connectivity index (χ1) is 13.1. The molecule has 140 valence electrons. The van der Waals surface area contributed by atoms with E-state index in [-0.39, 0.29) is 24.8 Å². The lowest BCUT2D eigenvalue weighted by Crippen LogP contribution is -2.27. The number of methoxy groups -OCH3 is 1. The van der Waals surface area contributed by atoms with E-state index in [2.05, 4.69) is 5.32 Å². The van der Waals surface area contributed by atoms with Crippen molar-refractivity contribution < 1.29 is 28.7 Å². The molecule has 1 aromatic heterocycles. The number of hydroxylamine groups is 1. The highest BCUT2D eigenvalue weighted by atomic mass is 16.5. The summed E-state index contributed by atoms with van der Waals surface area (Å²) in [5.41, 5.74) is 2.38. The zero-order valence-electron chi connectivity index (χ0n) is 14.5. The van der Waals surface area contributed by atoms with Gasteiger partial charge in [0.05, 0.1) is 13.7 Å². The predicted molar refractivity (Wildman–Crippen MR) is 96.3 cm³/mol. The second-order valence-corrected chi connectivity index (χ2v) is 5.56. The maximum absolute atomic E-state index is 12.2. The Morgan fingerprint density at radius 1 is 1.11 bits per heavy atom. The lowest BCUT2D eigenvalue weighted by molar-refractivity contribution is 0.0706. The molecule has 27 heavy (non-hydrogen) atoms. The molecule has 0 radical (unpaired) electrons. The summed E-state index contributed by atoms with van der Waals surface area (Å²) < 4.78 is 16.3. The molecular weight excluding hydrogens is 352 g/mol. The van der Waals surface area contributed by atoms with Crippen LogP contribution in [0, 0.1) is 0 Å². The summed E-state index contributed by atoms with van der Waals surface area (Å²) in [6.45, 7) is 0.507. The molecule has 2 amide bonds. The molecule has 2 aromatic carbocycles. The molecular formula is C19H18N2O6. The van der Waals surface area contributed by atoms with Gasteiger partial charge in [0, 0.05) is 10.9 Å². The third-order valence-electron chi connectivity index (χ3n) is 3.83. The molecule has 0 aliphatic rings. The van der Waals surface area contributed by atoms with E-state index in [0.717, 1.165) is 5.39 Å². The Morgan fingerprint density at radius 3 is 2.59 bits per heavy atom. The summed E-state index contributed by atoms with van der Waals surface area (Å²) in [6.07, 6.45) is 0. The number of hydrogen-bond acceptors (Lipinski definition) is 6. The van der Waals surface area contributed by atoms with Crippen LogP contribution in [0.5, 0.6) is 11.5 Å². The summed E-state index contributed by atoms with van der Waals surface area (Å²) in [7, 11) is 1.54. The largest absolute Gasteiger partial charge is 0.493 e. The van der Waals surface area contributed by atoms with Crippen molar-refractivity contribution in [3.8, 4) is 11.5 Å². The van der Waals surface area contributed by atoms with Crippen LogP contribution in [0.25, 0.3) is 11.0 Å². The second kappa shape index (κ2) is 8.24. The van der Waals surface area contributed by atoms with Crippen LogP contribution >= 0.6 is 0 Å². The Bertz CT molecular complexity index is 948. The standard InChI is InChI=1S/C19H18N2O6/c1-25-15-4-2-3-13-11-16(27-17(13)15)19(23)20-9-10-26-14-7-5-12(6-8-14)18(22)21-24/h2-8,11,24H,9-10H2,1H3,(H,20,23)(H,21,22). The van der Waals surface area contributed by atoms with Gasteiger partial charge in [-0.25, -0.2) is 5.48 Å². The topological polar surface area (TPSA) is 110 Å². The van der Waals surface area contributed by atoms with Gasteiger partial charge in [-0.1, -0.05) is 12.1 Å². The Hall–Kier alpha value is -3.52. The number of nitrogens with one attached hydrogen (secondary N) is 2. The molecule has 0 unspecified atom stereocenters. The molecule has 0 aliphatic heterocycles. The van der Waals surface area contributed by atoms with Gasteiger partial charge in [0.1, 0.15) is 12.4 Å². The normalized spacial score (nSPS) is 10.4. The number of amides is 2. The van der Waals surface area contributed by atoms with Crippen molar-refractivity contribution in [2.45, 2.75) is 0 Å². The van der Waals surface area contributed by atoms with Gasteiger partial charge < -0.3 is 19.2 Å². The first-order valence-electron chi connectivity index (χ1n) is 8.14. The zero-order chi connectivity index (χ0) is 19.2. The van der Waals surface area contributed by atoms with Crippen LogP contribution in [0.2, 0.25) is 0 Å². The average Bonchev–Trinajstić information content (AvgIpc) is 3.15. The van der Waals surface area contributed by atoms with Gasteiger partial charge in [0.15, 0.2) is 17.1 Å². The summed E-state index contributed by atoms with van der Waals surface area (Å²) >= 11 is 0. The van der Waals surface area contributed by atoms with Crippen molar-refractivity contribution in [1.29, 1.82) is 0 Å². The van der Waals surface area contributed by atoms with Crippen LogP contribution in [0.15, 0.2) is 52.9 Å². The predicted octanol–water partition coefficient (Wildman–Crippen LogP) is 2.37. The smallest absolute Gasteiger partial charge is 0.287 e. The fraction of sp³-hybridized carbons (Fsp3) is 0.158. The fourth-order valence-electron chi connectivity index (χ4n) is 2.50. The van der Waals surface area contributed by atoms with Gasteiger partial charge >= 0.3 is 0 Å². The highest BCUT2D eigenvalue weighted by molar-refractivity contribution is 5.97. The Labute approximate surface area is 154 Å². The number of benzene rings is 2. The third-order valence-corrected chi connectivity index (χ3v) is 3.83. The fourth-order valence-corrected chi connectivity index (χ4v) is 2.50. The van der Waals surface area contributed by atoms with Crippen molar-refractivity contribution in [2.24, 2.45) is 0 Å². The van der Waals surface area contributed by atoms with Gasteiger partial charge in [-0.15, -0.1) is 0 Å². The number of para-hydroxylation sites is 1. The number of rotatable bonds is 7.